The highest BCUT2D eigenvalue weighted by Gasteiger charge is 2.25. The number of nitrogens with one attached hydrogen (secondary N) is 1. The van der Waals surface area contributed by atoms with E-state index in [4.69, 9.17) is 9.47 Å². The van der Waals surface area contributed by atoms with Gasteiger partial charge in [-0.2, -0.15) is 13.2 Å². The maximum absolute atomic E-state index is 12.1. The third-order valence-corrected chi connectivity index (χ3v) is 3.60. The van der Waals surface area contributed by atoms with Crippen LogP contribution in [0.25, 0.3) is 0 Å². The molecule has 1 aromatic rings. The number of alkyl halides is 3. The highest BCUT2D eigenvalue weighted by molar-refractivity contribution is 5.79. The molecule has 0 fully saturated rings. The quantitative estimate of drug-likeness (QED) is 0.489. The fourth-order valence-electron chi connectivity index (χ4n) is 2.42. The van der Waals surface area contributed by atoms with Gasteiger partial charge in [0, 0.05) is 33.6 Å². The first-order valence-electron chi connectivity index (χ1n) is 7.76. The second-order valence-electron chi connectivity index (χ2n) is 5.59. The Kier molecular flexibility index (Phi) is 6.16. The largest absolute Gasteiger partial charge is 0.454 e. The van der Waals surface area contributed by atoms with Crippen molar-refractivity contribution in [3.05, 3.63) is 23.8 Å². The van der Waals surface area contributed by atoms with Crippen molar-refractivity contribution in [3.8, 4) is 11.5 Å². The molecule has 0 atom stereocenters. The molecule has 0 spiro atoms. The Morgan fingerprint density at radius 3 is 2.71 bits per heavy atom. The average Bonchev–Trinajstić information content (AvgIpc) is 2.97. The predicted molar refractivity (Wildman–Crippen MR) is 85.3 cm³/mol. The van der Waals surface area contributed by atoms with Gasteiger partial charge in [0.2, 0.25) is 6.79 Å². The van der Waals surface area contributed by atoms with E-state index in [0.717, 1.165) is 17.1 Å². The summed E-state index contributed by atoms with van der Waals surface area (Å²) in [5, 5.41) is 3.08. The minimum Gasteiger partial charge on any atom is -0.454 e. The summed E-state index contributed by atoms with van der Waals surface area (Å²) < 4.78 is 46.9. The zero-order chi connectivity index (χ0) is 17.6. The number of ether oxygens (including phenoxy) is 2. The molecular formula is C16H22F3N3O2. The average molecular weight is 345 g/mol. The summed E-state index contributed by atoms with van der Waals surface area (Å²) in [5.74, 6) is 2.09. The summed E-state index contributed by atoms with van der Waals surface area (Å²) in [6.07, 6.45) is -4.28. The molecule has 0 saturated heterocycles. The molecule has 5 nitrogen and oxygen atoms in total. The molecule has 0 aliphatic carbocycles. The van der Waals surface area contributed by atoms with Crippen molar-refractivity contribution in [2.45, 2.75) is 32.0 Å². The first kappa shape index (κ1) is 18.2. The second kappa shape index (κ2) is 8.12. The van der Waals surface area contributed by atoms with Gasteiger partial charge in [-0.1, -0.05) is 6.07 Å². The van der Waals surface area contributed by atoms with Crippen molar-refractivity contribution >= 4 is 5.96 Å². The van der Waals surface area contributed by atoms with Crippen LogP contribution < -0.4 is 14.8 Å². The fourth-order valence-corrected chi connectivity index (χ4v) is 2.42. The van der Waals surface area contributed by atoms with Gasteiger partial charge in [-0.15, -0.1) is 0 Å². The molecule has 8 heteroatoms. The van der Waals surface area contributed by atoms with E-state index in [0.29, 0.717) is 25.5 Å². The number of unbranched alkanes of at least 4 members (excludes halogenated alkanes) is 1. The number of benzene rings is 1. The molecular weight excluding hydrogens is 323 g/mol. The Labute approximate surface area is 139 Å². The van der Waals surface area contributed by atoms with Gasteiger partial charge in [0.05, 0.1) is 0 Å². The van der Waals surface area contributed by atoms with Gasteiger partial charge in [0.15, 0.2) is 17.5 Å². The van der Waals surface area contributed by atoms with Crippen LogP contribution in [0.2, 0.25) is 0 Å². The molecule has 134 valence electrons. The highest BCUT2D eigenvalue weighted by Crippen LogP contribution is 2.32. The van der Waals surface area contributed by atoms with Crippen LogP contribution in [0, 0.1) is 0 Å². The van der Waals surface area contributed by atoms with E-state index in [2.05, 4.69) is 10.3 Å². The van der Waals surface area contributed by atoms with Gasteiger partial charge in [0.25, 0.3) is 0 Å². The highest BCUT2D eigenvalue weighted by atomic mass is 19.4. The van der Waals surface area contributed by atoms with Crippen LogP contribution in [0.3, 0.4) is 0 Å². The minimum absolute atomic E-state index is 0.110. The molecule has 1 aromatic carbocycles. The van der Waals surface area contributed by atoms with Gasteiger partial charge in [0.1, 0.15) is 0 Å². The lowest BCUT2D eigenvalue weighted by atomic mass is 10.2. The number of guanidine groups is 1. The molecule has 0 bridgehead atoms. The molecule has 2 rings (SSSR count). The molecule has 0 aromatic heterocycles. The summed E-state index contributed by atoms with van der Waals surface area (Å²) in [4.78, 5) is 6.06. The number of hydrogen-bond donors (Lipinski definition) is 1. The lowest BCUT2D eigenvalue weighted by Gasteiger charge is -2.22. The summed E-state index contributed by atoms with van der Waals surface area (Å²) in [5.41, 5.74) is 1.03. The standard InChI is InChI=1S/C16H22F3N3O2/c1-20-15(21-8-4-3-7-16(17,18)19)22(2)10-12-5-6-13-14(9-12)24-11-23-13/h5-6,9H,3-4,7-8,10-11H2,1-2H3,(H,20,21). The van der Waals surface area contributed by atoms with E-state index in [9.17, 15) is 13.2 Å². The SMILES string of the molecule is CN=C(NCCCCC(F)(F)F)N(C)Cc1ccc2c(c1)OCO2. The maximum atomic E-state index is 12.1. The first-order valence-corrected chi connectivity index (χ1v) is 7.76. The Hall–Kier alpha value is -2.12. The molecule has 1 aliphatic rings. The number of aliphatic imine (C=N–C) groups is 1. The summed E-state index contributed by atoms with van der Waals surface area (Å²) in [6.45, 7) is 1.28. The Morgan fingerprint density at radius 1 is 1.25 bits per heavy atom. The van der Waals surface area contributed by atoms with Crippen LogP contribution in [0.4, 0.5) is 13.2 Å². The van der Waals surface area contributed by atoms with E-state index >= 15 is 0 Å². The van der Waals surface area contributed by atoms with E-state index in [1.54, 1.807) is 7.05 Å². The van der Waals surface area contributed by atoms with Gasteiger partial charge < -0.3 is 19.7 Å². The molecule has 1 heterocycles. The van der Waals surface area contributed by atoms with Crippen LogP contribution in [-0.2, 0) is 6.54 Å². The number of halogens is 3. The smallest absolute Gasteiger partial charge is 0.389 e. The third kappa shape index (κ3) is 5.50. The van der Waals surface area contributed by atoms with E-state index in [1.165, 1.54) is 0 Å². The molecule has 0 saturated carbocycles. The normalized spacial score (nSPS) is 14.0. The minimum atomic E-state index is -4.09. The summed E-state index contributed by atoms with van der Waals surface area (Å²) >= 11 is 0. The lowest BCUT2D eigenvalue weighted by molar-refractivity contribution is -0.135. The molecule has 0 radical (unpaired) electrons. The monoisotopic (exact) mass is 345 g/mol. The Balaban J connectivity index is 1.78. The number of nitrogens with zero attached hydrogens (tertiary/aromatic N) is 2. The van der Waals surface area contributed by atoms with Gasteiger partial charge in [-0.05, 0) is 30.5 Å². The Bertz CT molecular complexity index is 576. The molecule has 24 heavy (non-hydrogen) atoms. The number of rotatable bonds is 6. The predicted octanol–water partition coefficient (Wildman–Crippen LogP) is 3.16. The number of hydrogen-bond acceptors (Lipinski definition) is 3. The molecule has 1 aliphatic heterocycles. The van der Waals surface area contributed by atoms with Crippen molar-refractivity contribution in [1.29, 1.82) is 0 Å². The fraction of sp³-hybridized carbons (Fsp3) is 0.562. The second-order valence-corrected chi connectivity index (χ2v) is 5.59. The summed E-state index contributed by atoms with van der Waals surface area (Å²) in [7, 11) is 3.52. The molecule has 0 amide bonds. The molecule has 0 unspecified atom stereocenters. The first-order chi connectivity index (χ1) is 11.4. The lowest BCUT2D eigenvalue weighted by Crippen LogP contribution is -2.38. The number of fused-ring (bicyclic) bond motifs is 1. The van der Waals surface area contributed by atoms with E-state index in [1.807, 2.05) is 30.1 Å². The van der Waals surface area contributed by atoms with Gasteiger partial charge >= 0.3 is 6.18 Å². The zero-order valence-electron chi connectivity index (χ0n) is 13.8. The van der Waals surface area contributed by atoms with Crippen molar-refractivity contribution in [1.82, 2.24) is 10.2 Å². The zero-order valence-corrected chi connectivity index (χ0v) is 13.8. The summed E-state index contributed by atoms with van der Waals surface area (Å²) in [6, 6.07) is 5.72. The van der Waals surface area contributed by atoms with Crippen LogP contribution in [0.1, 0.15) is 24.8 Å². The van der Waals surface area contributed by atoms with Gasteiger partial charge in [-0.3, -0.25) is 4.99 Å². The third-order valence-electron chi connectivity index (χ3n) is 3.60. The van der Waals surface area contributed by atoms with Crippen LogP contribution in [0.15, 0.2) is 23.2 Å². The molecule has 1 N–H and O–H groups in total. The van der Waals surface area contributed by atoms with Crippen LogP contribution in [0.5, 0.6) is 11.5 Å². The van der Waals surface area contributed by atoms with Crippen LogP contribution >= 0.6 is 0 Å². The van der Waals surface area contributed by atoms with Crippen LogP contribution in [-0.4, -0.2) is 44.5 Å². The van der Waals surface area contributed by atoms with Gasteiger partial charge in [-0.25, -0.2) is 0 Å². The topological polar surface area (TPSA) is 46.1 Å². The maximum Gasteiger partial charge on any atom is 0.389 e. The Morgan fingerprint density at radius 2 is 2.00 bits per heavy atom. The van der Waals surface area contributed by atoms with Crippen molar-refractivity contribution < 1.29 is 22.6 Å². The van der Waals surface area contributed by atoms with Crippen molar-refractivity contribution in [2.75, 3.05) is 27.4 Å². The van der Waals surface area contributed by atoms with E-state index < -0.39 is 12.6 Å². The van der Waals surface area contributed by atoms with Crippen molar-refractivity contribution in [3.63, 3.8) is 0 Å². The van der Waals surface area contributed by atoms with E-state index in [-0.39, 0.29) is 13.2 Å². The van der Waals surface area contributed by atoms with Crippen molar-refractivity contribution in [2.24, 2.45) is 4.99 Å².